The van der Waals surface area contributed by atoms with Crippen LogP contribution in [0.15, 0.2) is 22.6 Å². The summed E-state index contributed by atoms with van der Waals surface area (Å²) in [6.45, 7) is 4.72. The maximum absolute atomic E-state index is 11.3. The second-order valence-corrected chi connectivity index (χ2v) is 5.15. The summed E-state index contributed by atoms with van der Waals surface area (Å²) in [7, 11) is 0. The van der Waals surface area contributed by atoms with Crippen LogP contribution < -0.4 is 15.2 Å². The number of nitrogens with two attached hydrogens (primary N) is 1. The third-order valence-electron chi connectivity index (χ3n) is 2.83. The number of nitrogens with one attached hydrogen (secondary N) is 1. The number of rotatable bonds is 3. The molecule has 1 aliphatic carbocycles. The molecule has 1 aromatic rings. The first-order valence-electron chi connectivity index (χ1n) is 6.53. The molecule has 2 aliphatic rings. The molecule has 3 rings (SSSR count). The van der Waals surface area contributed by atoms with E-state index < -0.39 is 11.2 Å². The lowest BCUT2D eigenvalue weighted by atomic mass is 10.1. The third kappa shape index (κ3) is 3.26. The third-order valence-corrected chi connectivity index (χ3v) is 3.59. The maximum atomic E-state index is 11.3. The Morgan fingerprint density at radius 2 is 2.21 bits per heavy atom. The van der Waals surface area contributed by atoms with Crippen LogP contribution in [-0.2, 0) is 11.2 Å². The molecule has 0 amide bonds. The van der Waals surface area contributed by atoms with Crippen LogP contribution in [0, 0.1) is 5.92 Å². The predicted molar refractivity (Wildman–Crippen MR) is 78.5 cm³/mol. The molecule has 0 aromatic heterocycles. The summed E-state index contributed by atoms with van der Waals surface area (Å²) in [4.78, 5) is 0. The van der Waals surface area contributed by atoms with Gasteiger partial charge in [-0.2, -0.15) is 4.40 Å². The van der Waals surface area contributed by atoms with Crippen LogP contribution in [0.25, 0.3) is 0 Å². The van der Waals surface area contributed by atoms with Crippen molar-refractivity contribution in [3.63, 3.8) is 0 Å². The van der Waals surface area contributed by atoms with Crippen molar-refractivity contribution < 1.29 is 8.95 Å². The lowest BCUT2D eigenvalue weighted by Crippen LogP contribution is -2.24. The number of ether oxygens (including phenoxy) is 1. The summed E-state index contributed by atoms with van der Waals surface area (Å²) < 4.78 is 23.6. The van der Waals surface area contributed by atoms with Gasteiger partial charge in [0.25, 0.3) is 0 Å². The number of hydrogen-bond acceptors (Lipinski definition) is 3. The van der Waals surface area contributed by atoms with Crippen molar-refractivity contribution >= 4 is 22.7 Å². The Morgan fingerprint density at radius 1 is 1.47 bits per heavy atom. The molecule has 1 atom stereocenters. The first kappa shape index (κ1) is 13.9. The molecule has 104 valence electrons. The standard InChI is InChI=1S/C11H13N3O2S.C2H6/c12-11-10-8(13-17(15)14-11)2-1-3-9(10)16-6-7-4-5-7;1-2/h1-3,7,13H,4-6H2,(H2,12,14);1-2H3. The van der Waals surface area contributed by atoms with Crippen LogP contribution in [0.1, 0.15) is 32.3 Å². The second kappa shape index (κ2) is 6.06. The summed E-state index contributed by atoms with van der Waals surface area (Å²) in [6, 6.07) is 5.53. The van der Waals surface area contributed by atoms with Crippen molar-refractivity contribution in [1.82, 2.24) is 0 Å². The van der Waals surface area contributed by atoms with Gasteiger partial charge < -0.3 is 10.5 Å². The van der Waals surface area contributed by atoms with Gasteiger partial charge in [0.15, 0.2) is 0 Å². The van der Waals surface area contributed by atoms with Crippen molar-refractivity contribution in [2.45, 2.75) is 26.7 Å². The molecule has 0 spiro atoms. The molecule has 1 aromatic carbocycles. The first-order valence-corrected chi connectivity index (χ1v) is 7.63. The van der Waals surface area contributed by atoms with E-state index in [2.05, 4.69) is 9.12 Å². The number of hydrogen-bond donors (Lipinski definition) is 2. The highest BCUT2D eigenvalue weighted by atomic mass is 32.2. The zero-order chi connectivity index (χ0) is 13.8. The van der Waals surface area contributed by atoms with Gasteiger partial charge in [-0.3, -0.25) is 4.72 Å². The largest absolute Gasteiger partial charge is 0.492 e. The van der Waals surface area contributed by atoms with Gasteiger partial charge in [0, 0.05) is 0 Å². The molecule has 1 saturated carbocycles. The summed E-state index contributed by atoms with van der Waals surface area (Å²) in [5.41, 5.74) is 7.22. The Morgan fingerprint density at radius 3 is 2.89 bits per heavy atom. The van der Waals surface area contributed by atoms with Crippen molar-refractivity contribution in [2.24, 2.45) is 16.0 Å². The number of benzene rings is 1. The van der Waals surface area contributed by atoms with Crippen LogP contribution >= 0.6 is 0 Å². The molecule has 0 radical (unpaired) electrons. The Labute approximate surface area is 116 Å². The summed E-state index contributed by atoms with van der Waals surface area (Å²) in [6.07, 6.45) is 2.47. The molecule has 1 aliphatic heterocycles. The molecule has 19 heavy (non-hydrogen) atoms. The molecule has 1 fully saturated rings. The Bertz CT molecular complexity index is 513. The predicted octanol–water partition coefficient (Wildman–Crippen LogP) is 2.21. The fourth-order valence-corrected chi connectivity index (χ4v) is 2.42. The highest BCUT2D eigenvalue weighted by Gasteiger charge is 2.24. The van der Waals surface area contributed by atoms with Crippen molar-refractivity contribution in [3.8, 4) is 5.75 Å². The lowest BCUT2D eigenvalue weighted by molar-refractivity contribution is 0.299. The highest BCUT2D eigenvalue weighted by molar-refractivity contribution is 7.85. The van der Waals surface area contributed by atoms with Gasteiger partial charge in [-0.15, -0.1) is 0 Å². The van der Waals surface area contributed by atoms with E-state index >= 15 is 0 Å². The van der Waals surface area contributed by atoms with E-state index in [0.29, 0.717) is 29.5 Å². The van der Waals surface area contributed by atoms with Crippen molar-refractivity contribution in [2.75, 3.05) is 11.3 Å². The molecular weight excluding hydrogens is 262 g/mol. The SMILES string of the molecule is CC.NC1=NS(=O)Nc2cccc(OCC3CC3)c21. The van der Waals surface area contributed by atoms with E-state index in [4.69, 9.17) is 10.5 Å². The molecule has 0 saturated heterocycles. The van der Waals surface area contributed by atoms with E-state index in [1.807, 2.05) is 32.0 Å². The zero-order valence-corrected chi connectivity index (χ0v) is 12.0. The van der Waals surface area contributed by atoms with Gasteiger partial charge in [-0.05, 0) is 30.9 Å². The average Bonchev–Trinajstić information content (AvgIpc) is 3.22. The summed E-state index contributed by atoms with van der Waals surface area (Å²) in [5, 5.41) is 0. The topological polar surface area (TPSA) is 76.7 Å². The van der Waals surface area contributed by atoms with Crippen LogP contribution in [0.4, 0.5) is 5.69 Å². The van der Waals surface area contributed by atoms with Gasteiger partial charge in [0.2, 0.25) is 11.2 Å². The van der Waals surface area contributed by atoms with Gasteiger partial charge >= 0.3 is 0 Å². The molecular formula is C13H19N3O2S. The molecule has 0 bridgehead atoms. The summed E-state index contributed by atoms with van der Waals surface area (Å²) >= 11 is -1.48. The molecule has 5 nitrogen and oxygen atoms in total. The Kier molecular flexibility index (Phi) is 4.42. The maximum Gasteiger partial charge on any atom is 0.245 e. The van der Waals surface area contributed by atoms with Crippen LogP contribution in [-0.4, -0.2) is 16.7 Å². The normalized spacial score (nSPS) is 20.3. The second-order valence-electron chi connectivity index (χ2n) is 4.26. The minimum Gasteiger partial charge on any atom is -0.492 e. The van der Waals surface area contributed by atoms with E-state index in [1.165, 1.54) is 12.8 Å². The average molecular weight is 281 g/mol. The minimum absolute atomic E-state index is 0.267. The summed E-state index contributed by atoms with van der Waals surface area (Å²) in [5.74, 6) is 1.65. The van der Waals surface area contributed by atoms with Crippen molar-refractivity contribution in [1.29, 1.82) is 0 Å². The van der Waals surface area contributed by atoms with Crippen LogP contribution in [0.5, 0.6) is 5.75 Å². The molecule has 1 heterocycles. The Hall–Kier alpha value is -1.56. The molecule has 1 unspecified atom stereocenters. The van der Waals surface area contributed by atoms with Crippen molar-refractivity contribution in [3.05, 3.63) is 23.8 Å². The van der Waals surface area contributed by atoms with Gasteiger partial charge in [0.05, 0.1) is 17.9 Å². The first-order chi connectivity index (χ1) is 9.24. The minimum atomic E-state index is -1.48. The number of amidine groups is 1. The number of anilines is 1. The number of nitrogens with zero attached hydrogens (tertiary/aromatic N) is 1. The fourth-order valence-electron chi connectivity index (χ4n) is 1.74. The fraction of sp³-hybridized carbons (Fsp3) is 0.462. The van der Waals surface area contributed by atoms with E-state index in [1.54, 1.807) is 0 Å². The van der Waals surface area contributed by atoms with Gasteiger partial charge in [-0.25, -0.2) is 4.21 Å². The van der Waals surface area contributed by atoms with Crippen LogP contribution in [0.2, 0.25) is 0 Å². The lowest BCUT2D eigenvalue weighted by Gasteiger charge is -2.18. The quantitative estimate of drug-likeness (QED) is 0.891. The van der Waals surface area contributed by atoms with E-state index in [-0.39, 0.29) is 5.84 Å². The van der Waals surface area contributed by atoms with Gasteiger partial charge in [0.1, 0.15) is 11.6 Å². The zero-order valence-electron chi connectivity index (χ0n) is 11.2. The molecule has 3 N–H and O–H groups in total. The van der Waals surface area contributed by atoms with Gasteiger partial charge in [-0.1, -0.05) is 19.9 Å². The molecule has 6 heteroatoms. The highest BCUT2D eigenvalue weighted by Crippen LogP contribution is 2.33. The van der Waals surface area contributed by atoms with E-state index in [9.17, 15) is 4.21 Å². The monoisotopic (exact) mass is 281 g/mol. The smallest absolute Gasteiger partial charge is 0.245 e. The number of fused-ring (bicyclic) bond motifs is 1. The van der Waals surface area contributed by atoms with E-state index in [0.717, 1.165) is 0 Å². The van der Waals surface area contributed by atoms with Crippen LogP contribution in [0.3, 0.4) is 0 Å². The Balaban J connectivity index is 0.000000637.